The van der Waals surface area contributed by atoms with E-state index in [0.717, 1.165) is 71.1 Å². The number of carbonyl (C=O) groups is 1. The van der Waals surface area contributed by atoms with Crippen LogP contribution in [0.2, 0.25) is 0 Å². The number of piperidine rings is 1. The minimum absolute atomic E-state index is 0.0803. The number of thioether (sulfide) groups is 1. The van der Waals surface area contributed by atoms with E-state index < -0.39 is 0 Å². The Balaban J connectivity index is 0.953. The van der Waals surface area contributed by atoms with E-state index in [1.807, 2.05) is 72.8 Å². The third-order valence-corrected chi connectivity index (χ3v) is 9.09. The minimum Gasteiger partial charge on any atom is -0.497 e. The Morgan fingerprint density at radius 3 is 2.43 bits per heavy atom. The van der Waals surface area contributed by atoms with Crippen LogP contribution in [0.15, 0.2) is 84.1 Å². The van der Waals surface area contributed by atoms with E-state index in [1.54, 1.807) is 25.1 Å². The average Bonchev–Trinajstić information content (AvgIpc) is 3.61. The van der Waals surface area contributed by atoms with Crippen LogP contribution in [0.4, 0.5) is 0 Å². The van der Waals surface area contributed by atoms with Gasteiger partial charge in [0.1, 0.15) is 17.6 Å². The summed E-state index contributed by atoms with van der Waals surface area (Å²) in [5.41, 5.74) is 3.73. The number of rotatable bonds is 8. The van der Waals surface area contributed by atoms with Gasteiger partial charge in [0, 0.05) is 54.1 Å². The number of fused-ring (bicyclic) bond motifs is 3. The van der Waals surface area contributed by atoms with Gasteiger partial charge in [-0.2, -0.15) is 0 Å². The van der Waals surface area contributed by atoms with Gasteiger partial charge in [-0.1, -0.05) is 23.9 Å². The summed E-state index contributed by atoms with van der Waals surface area (Å²) in [4.78, 5) is 24.8. The lowest BCUT2D eigenvalue weighted by molar-refractivity contribution is 0.0358. The second kappa shape index (κ2) is 11.6. The van der Waals surface area contributed by atoms with E-state index in [-0.39, 0.29) is 30.9 Å². The summed E-state index contributed by atoms with van der Waals surface area (Å²) in [5.74, 6) is 3.90. The van der Waals surface area contributed by atoms with Crippen LogP contribution in [0.5, 0.6) is 23.0 Å². The quantitative estimate of drug-likeness (QED) is 0.175. The molecule has 214 valence electrons. The molecular formula is C33H31N3O5S. The first-order valence-electron chi connectivity index (χ1n) is 14.2. The van der Waals surface area contributed by atoms with Crippen LogP contribution in [0, 0.1) is 0 Å². The molecule has 1 amide bonds. The van der Waals surface area contributed by atoms with Gasteiger partial charge in [-0.3, -0.25) is 4.79 Å². The Morgan fingerprint density at radius 2 is 1.67 bits per heavy atom. The monoisotopic (exact) mass is 581 g/mol. The van der Waals surface area contributed by atoms with Crippen LogP contribution in [-0.4, -0.2) is 52.9 Å². The average molecular weight is 582 g/mol. The third kappa shape index (κ3) is 5.48. The molecule has 0 spiro atoms. The maximum atomic E-state index is 13.6. The summed E-state index contributed by atoms with van der Waals surface area (Å²) in [6.45, 7) is 0.247. The van der Waals surface area contributed by atoms with Gasteiger partial charge in [0.15, 0.2) is 16.7 Å². The van der Waals surface area contributed by atoms with E-state index >= 15 is 0 Å². The van der Waals surface area contributed by atoms with Gasteiger partial charge in [0.05, 0.1) is 12.8 Å². The van der Waals surface area contributed by atoms with Gasteiger partial charge in [-0.15, -0.1) is 0 Å². The molecule has 2 bridgehead atoms. The maximum Gasteiger partial charge on any atom is 0.254 e. The lowest BCUT2D eigenvalue weighted by Crippen LogP contribution is -2.49. The topological polar surface area (TPSA) is 83.0 Å². The molecule has 3 aliphatic rings. The van der Waals surface area contributed by atoms with Crippen LogP contribution in [0.3, 0.4) is 0 Å². The highest BCUT2D eigenvalue weighted by Crippen LogP contribution is 2.40. The molecule has 0 saturated carbocycles. The lowest BCUT2D eigenvalue weighted by Gasteiger charge is -2.39. The van der Waals surface area contributed by atoms with Gasteiger partial charge in [-0.25, -0.2) is 9.97 Å². The molecule has 2 atom stereocenters. The number of ether oxygens (including phenoxy) is 4. The van der Waals surface area contributed by atoms with E-state index in [2.05, 4.69) is 9.88 Å². The molecule has 0 aliphatic carbocycles. The molecule has 7 rings (SSSR count). The molecule has 0 unspecified atom stereocenters. The van der Waals surface area contributed by atoms with Crippen molar-refractivity contribution in [1.82, 2.24) is 14.9 Å². The molecule has 2 fully saturated rings. The fraction of sp³-hybridized carbons (Fsp3) is 0.303. The van der Waals surface area contributed by atoms with Crippen molar-refractivity contribution >= 4 is 17.7 Å². The molecule has 1 aromatic heterocycles. The zero-order valence-corrected chi connectivity index (χ0v) is 24.1. The third-order valence-electron chi connectivity index (χ3n) is 8.16. The Bertz CT molecular complexity index is 1570. The Kier molecular flexibility index (Phi) is 7.34. The lowest BCUT2D eigenvalue weighted by atomic mass is 9.98. The van der Waals surface area contributed by atoms with Gasteiger partial charge in [-0.05, 0) is 73.0 Å². The van der Waals surface area contributed by atoms with Gasteiger partial charge in [0.2, 0.25) is 6.79 Å². The van der Waals surface area contributed by atoms with Crippen molar-refractivity contribution in [3.8, 4) is 34.3 Å². The van der Waals surface area contributed by atoms with Gasteiger partial charge >= 0.3 is 0 Å². The number of amides is 1. The first-order chi connectivity index (χ1) is 20.6. The number of carbonyl (C=O) groups excluding carboxylic acids is 1. The summed E-state index contributed by atoms with van der Waals surface area (Å²) < 4.78 is 22.5. The summed E-state index contributed by atoms with van der Waals surface area (Å²) >= 11 is 1.58. The molecule has 42 heavy (non-hydrogen) atoms. The fourth-order valence-corrected chi connectivity index (χ4v) is 6.86. The zero-order chi connectivity index (χ0) is 28.5. The summed E-state index contributed by atoms with van der Waals surface area (Å²) in [6, 6.07) is 23.8. The SMILES string of the molecule is COc1ccc(-c2ccnc(SCc3ccc(C(=O)N4[C@H]5CC[C@H]4CC(Oc4ccc6c(c4)OCO6)C5)cc3)n2)cc1. The fourth-order valence-electron chi connectivity index (χ4n) is 6.07. The van der Waals surface area contributed by atoms with Crippen LogP contribution >= 0.6 is 11.8 Å². The minimum atomic E-state index is 0.0803. The predicted molar refractivity (Wildman–Crippen MR) is 159 cm³/mol. The van der Waals surface area contributed by atoms with Crippen molar-refractivity contribution in [1.29, 1.82) is 0 Å². The number of benzene rings is 3. The molecular weight excluding hydrogens is 550 g/mol. The maximum absolute atomic E-state index is 13.6. The van der Waals surface area contributed by atoms with Crippen molar-refractivity contribution < 1.29 is 23.7 Å². The molecule has 9 heteroatoms. The van der Waals surface area contributed by atoms with Crippen LogP contribution in [-0.2, 0) is 5.75 Å². The highest BCUT2D eigenvalue weighted by atomic mass is 32.2. The van der Waals surface area contributed by atoms with Crippen molar-refractivity contribution in [2.45, 2.75) is 54.8 Å². The van der Waals surface area contributed by atoms with E-state index in [9.17, 15) is 4.79 Å². The van der Waals surface area contributed by atoms with Gasteiger partial charge in [0.25, 0.3) is 5.91 Å². The molecule has 3 aromatic carbocycles. The smallest absolute Gasteiger partial charge is 0.254 e. The van der Waals surface area contributed by atoms with E-state index in [4.69, 9.17) is 23.9 Å². The number of hydrogen-bond donors (Lipinski definition) is 0. The molecule has 4 heterocycles. The number of hydrogen-bond acceptors (Lipinski definition) is 8. The highest BCUT2D eigenvalue weighted by molar-refractivity contribution is 7.98. The Morgan fingerprint density at radius 1 is 0.929 bits per heavy atom. The van der Waals surface area contributed by atoms with Crippen molar-refractivity contribution in [3.05, 3.63) is 90.1 Å². The van der Waals surface area contributed by atoms with Crippen molar-refractivity contribution in [3.63, 3.8) is 0 Å². The summed E-state index contributed by atoms with van der Waals surface area (Å²) in [6.07, 6.45) is 5.57. The molecule has 4 aromatic rings. The van der Waals surface area contributed by atoms with E-state index in [0.29, 0.717) is 10.9 Å². The molecule has 2 saturated heterocycles. The number of methoxy groups -OCH3 is 1. The summed E-state index contributed by atoms with van der Waals surface area (Å²) in [5, 5.41) is 0.714. The highest BCUT2D eigenvalue weighted by Gasteiger charge is 2.44. The predicted octanol–water partition coefficient (Wildman–Crippen LogP) is 6.39. The second-order valence-electron chi connectivity index (χ2n) is 10.8. The van der Waals surface area contributed by atoms with Crippen molar-refractivity contribution in [2.24, 2.45) is 0 Å². The number of aromatic nitrogens is 2. The molecule has 0 radical (unpaired) electrons. The first-order valence-corrected chi connectivity index (χ1v) is 15.2. The van der Waals surface area contributed by atoms with Crippen molar-refractivity contribution in [2.75, 3.05) is 13.9 Å². The van der Waals surface area contributed by atoms with E-state index in [1.165, 1.54) is 0 Å². The van der Waals surface area contributed by atoms with Gasteiger partial charge < -0.3 is 23.8 Å². The number of nitrogens with zero attached hydrogens (tertiary/aromatic N) is 3. The molecule has 0 N–H and O–H groups in total. The van der Waals surface area contributed by atoms with Crippen LogP contribution in [0.1, 0.15) is 41.6 Å². The molecule has 3 aliphatic heterocycles. The largest absolute Gasteiger partial charge is 0.497 e. The second-order valence-corrected chi connectivity index (χ2v) is 11.7. The Hall–Kier alpha value is -4.24. The zero-order valence-electron chi connectivity index (χ0n) is 23.3. The molecule has 8 nitrogen and oxygen atoms in total. The van der Waals surface area contributed by atoms with Crippen LogP contribution < -0.4 is 18.9 Å². The first kappa shape index (κ1) is 26.6. The normalized spacial score (nSPS) is 20.4. The van der Waals surface area contributed by atoms with Crippen LogP contribution in [0.25, 0.3) is 11.3 Å². The summed E-state index contributed by atoms with van der Waals surface area (Å²) in [7, 11) is 1.66. The Labute approximate surface area is 249 Å². The standard InChI is InChI=1S/C33H31N3O5S/c1-38-26-10-6-22(7-11-26)29-14-15-34-33(35-29)42-19-21-2-4-23(5-3-21)32(37)36-24-8-9-25(36)17-28(16-24)41-27-12-13-30-31(18-27)40-20-39-30/h2-7,10-15,18,24-25,28H,8-9,16-17,19-20H2,1H3/t24-,25-/m0/s1.